The summed E-state index contributed by atoms with van der Waals surface area (Å²) in [6.07, 6.45) is 1.65. The summed E-state index contributed by atoms with van der Waals surface area (Å²) < 4.78 is 5.78. The summed E-state index contributed by atoms with van der Waals surface area (Å²) >= 11 is 0. The highest BCUT2D eigenvalue weighted by Gasteiger charge is 2.36. The summed E-state index contributed by atoms with van der Waals surface area (Å²) in [7, 11) is 0. The van der Waals surface area contributed by atoms with E-state index in [0.717, 1.165) is 22.0 Å². The van der Waals surface area contributed by atoms with E-state index in [1.807, 2.05) is 20.8 Å². The standard InChI is InChI=1S/C20H20N2O4/c1-5-10-25-18-12(2)13(3)21-14(4)17(18)11-26-22-19(23)15-8-6-7-9-16(15)20(22)24/h5-9H,1,10-11H2,2-4H3. The van der Waals surface area contributed by atoms with Gasteiger partial charge in [0.1, 0.15) is 19.0 Å². The highest BCUT2D eigenvalue weighted by molar-refractivity contribution is 6.20. The SMILES string of the molecule is C=CCOc1c(C)c(C)nc(C)c1CON1C(=O)c2ccccc2C1=O. The number of pyridine rings is 1. The summed E-state index contributed by atoms with van der Waals surface area (Å²) in [6, 6.07) is 6.65. The molecule has 2 amide bonds. The predicted octanol–water partition coefficient (Wildman–Crippen LogP) is 3.30. The van der Waals surface area contributed by atoms with Crippen LogP contribution < -0.4 is 4.74 Å². The Kier molecular flexibility index (Phi) is 4.86. The maximum Gasteiger partial charge on any atom is 0.285 e. The predicted molar refractivity (Wildman–Crippen MR) is 95.9 cm³/mol. The lowest BCUT2D eigenvalue weighted by molar-refractivity contribution is -0.101. The molecular weight excluding hydrogens is 332 g/mol. The first-order chi connectivity index (χ1) is 12.5. The number of fused-ring (bicyclic) bond motifs is 1. The van der Waals surface area contributed by atoms with E-state index in [1.165, 1.54) is 0 Å². The minimum atomic E-state index is -0.464. The van der Waals surface area contributed by atoms with Crippen molar-refractivity contribution in [3.8, 4) is 5.75 Å². The first kappa shape index (κ1) is 17.8. The molecule has 0 saturated carbocycles. The van der Waals surface area contributed by atoms with E-state index in [4.69, 9.17) is 9.57 Å². The van der Waals surface area contributed by atoms with Crippen molar-refractivity contribution in [3.05, 3.63) is 70.6 Å². The van der Waals surface area contributed by atoms with Gasteiger partial charge in [-0.25, -0.2) is 0 Å². The van der Waals surface area contributed by atoms with Crippen LogP contribution in [-0.4, -0.2) is 28.5 Å². The number of hydrogen-bond acceptors (Lipinski definition) is 5. The van der Waals surface area contributed by atoms with Gasteiger partial charge in [-0.15, -0.1) is 5.06 Å². The third-order valence-electron chi connectivity index (χ3n) is 4.37. The van der Waals surface area contributed by atoms with Crippen LogP contribution >= 0.6 is 0 Å². The maximum absolute atomic E-state index is 12.4. The topological polar surface area (TPSA) is 68.7 Å². The summed E-state index contributed by atoms with van der Waals surface area (Å²) in [5.74, 6) is -0.284. The molecule has 1 aliphatic heterocycles. The molecule has 0 radical (unpaired) electrons. The Hall–Kier alpha value is -2.99. The van der Waals surface area contributed by atoms with E-state index in [9.17, 15) is 9.59 Å². The lowest BCUT2D eigenvalue weighted by atomic mass is 10.1. The molecule has 26 heavy (non-hydrogen) atoms. The Morgan fingerprint density at radius 3 is 2.27 bits per heavy atom. The van der Waals surface area contributed by atoms with Gasteiger partial charge in [0.05, 0.1) is 11.1 Å². The number of aryl methyl sites for hydroxylation is 2. The molecule has 134 valence electrons. The number of benzene rings is 1. The molecule has 2 heterocycles. The van der Waals surface area contributed by atoms with E-state index < -0.39 is 11.8 Å². The Bertz CT molecular complexity index is 870. The molecule has 1 aliphatic rings. The van der Waals surface area contributed by atoms with Gasteiger partial charge < -0.3 is 4.74 Å². The molecule has 0 bridgehead atoms. The highest BCUT2D eigenvalue weighted by Crippen LogP contribution is 2.30. The monoisotopic (exact) mass is 352 g/mol. The first-order valence-corrected chi connectivity index (χ1v) is 8.26. The van der Waals surface area contributed by atoms with Gasteiger partial charge in [0.25, 0.3) is 11.8 Å². The Balaban J connectivity index is 1.87. The van der Waals surface area contributed by atoms with E-state index in [-0.39, 0.29) is 6.61 Å². The van der Waals surface area contributed by atoms with Crippen molar-refractivity contribution in [1.29, 1.82) is 0 Å². The Morgan fingerprint density at radius 2 is 1.69 bits per heavy atom. The van der Waals surface area contributed by atoms with Crippen LogP contribution in [0.25, 0.3) is 0 Å². The number of hydrogen-bond donors (Lipinski definition) is 0. The lowest BCUT2D eigenvalue weighted by Crippen LogP contribution is -2.30. The van der Waals surface area contributed by atoms with Crippen molar-refractivity contribution in [2.75, 3.05) is 6.61 Å². The second kappa shape index (κ2) is 7.09. The second-order valence-electron chi connectivity index (χ2n) is 6.04. The van der Waals surface area contributed by atoms with Crippen LogP contribution in [0.5, 0.6) is 5.75 Å². The Labute approximate surface area is 152 Å². The number of carbonyl (C=O) groups excluding carboxylic acids is 2. The average Bonchev–Trinajstić information content (AvgIpc) is 2.87. The fourth-order valence-electron chi connectivity index (χ4n) is 2.88. The summed E-state index contributed by atoms with van der Waals surface area (Å²) in [5.41, 5.74) is 3.85. The van der Waals surface area contributed by atoms with Crippen LogP contribution in [0.4, 0.5) is 0 Å². The minimum Gasteiger partial charge on any atom is -0.489 e. The zero-order valence-electron chi connectivity index (χ0n) is 15.0. The van der Waals surface area contributed by atoms with Gasteiger partial charge in [-0.3, -0.25) is 19.4 Å². The molecule has 3 rings (SSSR count). The number of carbonyl (C=O) groups is 2. The Morgan fingerprint density at radius 1 is 1.08 bits per heavy atom. The molecule has 2 aromatic rings. The summed E-state index contributed by atoms with van der Waals surface area (Å²) in [5, 5.41) is 0.802. The van der Waals surface area contributed by atoms with E-state index in [1.54, 1.807) is 30.3 Å². The van der Waals surface area contributed by atoms with E-state index >= 15 is 0 Å². The van der Waals surface area contributed by atoms with Gasteiger partial charge in [0.2, 0.25) is 0 Å². The molecule has 1 aromatic carbocycles. The van der Waals surface area contributed by atoms with Crippen molar-refractivity contribution in [3.63, 3.8) is 0 Å². The summed E-state index contributed by atoms with van der Waals surface area (Å²) in [4.78, 5) is 34.9. The number of hydroxylamine groups is 2. The van der Waals surface area contributed by atoms with Crippen LogP contribution in [-0.2, 0) is 11.4 Å². The van der Waals surface area contributed by atoms with Crippen LogP contribution in [0.3, 0.4) is 0 Å². The van der Waals surface area contributed by atoms with Crippen molar-refractivity contribution >= 4 is 11.8 Å². The van der Waals surface area contributed by atoms with E-state index in [0.29, 0.717) is 29.0 Å². The molecule has 0 saturated heterocycles. The number of imide groups is 1. The minimum absolute atomic E-state index is 0.00209. The van der Waals surface area contributed by atoms with Crippen LogP contribution in [0.15, 0.2) is 36.9 Å². The van der Waals surface area contributed by atoms with Crippen molar-refractivity contribution in [2.24, 2.45) is 0 Å². The van der Waals surface area contributed by atoms with Crippen molar-refractivity contribution in [1.82, 2.24) is 10.0 Å². The average molecular weight is 352 g/mol. The second-order valence-corrected chi connectivity index (χ2v) is 6.04. The highest BCUT2D eigenvalue weighted by atomic mass is 16.7. The van der Waals surface area contributed by atoms with Gasteiger partial charge in [-0.1, -0.05) is 24.8 Å². The zero-order valence-corrected chi connectivity index (χ0v) is 15.0. The molecule has 6 nitrogen and oxygen atoms in total. The molecule has 0 fully saturated rings. The zero-order chi connectivity index (χ0) is 18.8. The fourth-order valence-corrected chi connectivity index (χ4v) is 2.88. The van der Waals surface area contributed by atoms with Gasteiger partial charge in [0.15, 0.2) is 0 Å². The van der Waals surface area contributed by atoms with E-state index in [2.05, 4.69) is 11.6 Å². The van der Waals surface area contributed by atoms with Gasteiger partial charge in [-0.2, -0.15) is 0 Å². The number of ether oxygens (including phenoxy) is 1. The number of amides is 2. The number of rotatable bonds is 6. The lowest BCUT2D eigenvalue weighted by Gasteiger charge is -2.19. The number of aromatic nitrogens is 1. The van der Waals surface area contributed by atoms with Crippen LogP contribution in [0.1, 0.15) is 43.2 Å². The molecular formula is C20H20N2O4. The molecule has 0 spiro atoms. The first-order valence-electron chi connectivity index (χ1n) is 8.26. The maximum atomic E-state index is 12.4. The largest absolute Gasteiger partial charge is 0.489 e. The fraction of sp³-hybridized carbons (Fsp3) is 0.250. The molecule has 0 unspecified atom stereocenters. The third-order valence-corrected chi connectivity index (χ3v) is 4.37. The van der Waals surface area contributed by atoms with Crippen molar-refractivity contribution < 1.29 is 19.2 Å². The normalized spacial score (nSPS) is 13.1. The molecule has 6 heteroatoms. The van der Waals surface area contributed by atoms with Crippen LogP contribution in [0, 0.1) is 20.8 Å². The summed E-state index contributed by atoms with van der Waals surface area (Å²) in [6.45, 7) is 9.65. The molecule has 0 N–H and O–H groups in total. The van der Waals surface area contributed by atoms with Gasteiger partial charge in [-0.05, 0) is 32.9 Å². The smallest absolute Gasteiger partial charge is 0.285 e. The van der Waals surface area contributed by atoms with Gasteiger partial charge >= 0.3 is 0 Å². The quantitative estimate of drug-likeness (QED) is 0.589. The molecule has 1 aromatic heterocycles. The molecule has 0 atom stereocenters. The van der Waals surface area contributed by atoms with Crippen molar-refractivity contribution in [2.45, 2.75) is 27.4 Å². The number of nitrogens with zero attached hydrogens (tertiary/aromatic N) is 2. The molecule has 0 aliphatic carbocycles. The van der Waals surface area contributed by atoms with Crippen LogP contribution in [0.2, 0.25) is 0 Å². The third kappa shape index (κ3) is 2.99. The van der Waals surface area contributed by atoms with Gasteiger partial charge in [0, 0.05) is 22.5 Å².